The number of rotatable bonds is 4. The molecular formula is C17H20F3NO2. The maximum Gasteiger partial charge on any atom is 0.416 e. The molecule has 23 heavy (non-hydrogen) atoms. The Morgan fingerprint density at radius 2 is 2.09 bits per heavy atom. The van der Waals surface area contributed by atoms with Gasteiger partial charge in [-0.25, -0.2) is 0 Å². The number of allylic oxidation sites excluding steroid dienone is 1. The molecule has 1 fully saturated rings. The van der Waals surface area contributed by atoms with Gasteiger partial charge in [-0.2, -0.15) is 13.2 Å². The van der Waals surface area contributed by atoms with Crippen molar-refractivity contribution in [3.05, 3.63) is 48.0 Å². The summed E-state index contributed by atoms with van der Waals surface area (Å²) in [6.07, 6.45) is -1.10. The van der Waals surface area contributed by atoms with E-state index in [2.05, 4.69) is 11.9 Å². The first-order valence-corrected chi connectivity index (χ1v) is 7.42. The number of piperidine rings is 1. The van der Waals surface area contributed by atoms with Crippen LogP contribution in [0.4, 0.5) is 13.2 Å². The molecule has 6 heteroatoms. The average Bonchev–Trinajstić information content (AvgIpc) is 2.54. The fourth-order valence-electron chi connectivity index (χ4n) is 3.14. The van der Waals surface area contributed by atoms with E-state index in [0.29, 0.717) is 25.8 Å². The second-order valence-electron chi connectivity index (χ2n) is 5.85. The number of alkyl halides is 3. The van der Waals surface area contributed by atoms with E-state index in [9.17, 15) is 18.0 Å². The van der Waals surface area contributed by atoms with Crippen LogP contribution in [0, 0.1) is 5.41 Å². The van der Waals surface area contributed by atoms with Gasteiger partial charge in [-0.15, -0.1) is 6.58 Å². The van der Waals surface area contributed by atoms with Gasteiger partial charge in [0.25, 0.3) is 0 Å². The highest BCUT2D eigenvalue weighted by atomic mass is 19.4. The highest BCUT2D eigenvalue weighted by Crippen LogP contribution is 2.41. The Labute approximate surface area is 133 Å². The lowest BCUT2D eigenvalue weighted by Crippen LogP contribution is -2.44. The van der Waals surface area contributed by atoms with E-state index in [0.717, 1.165) is 17.7 Å². The molecule has 0 radical (unpaired) electrons. The SMILES string of the molecule is C=CCC1(C(=O)OC)CCNC(c2ccc(C(F)(F)F)cc2)C1. The predicted molar refractivity (Wildman–Crippen MR) is 80.7 cm³/mol. The molecule has 2 unspecified atom stereocenters. The molecule has 1 saturated heterocycles. The summed E-state index contributed by atoms with van der Waals surface area (Å²) < 4.78 is 42.9. The van der Waals surface area contributed by atoms with Crippen LogP contribution in [0.1, 0.15) is 36.4 Å². The fourth-order valence-corrected chi connectivity index (χ4v) is 3.14. The van der Waals surface area contributed by atoms with E-state index in [1.54, 1.807) is 6.08 Å². The zero-order chi connectivity index (χ0) is 17.1. The minimum absolute atomic E-state index is 0.190. The Balaban J connectivity index is 2.23. The number of carbonyl (C=O) groups is 1. The summed E-state index contributed by atoms with van der Waals surface area (Å²) in [6.45, 7) is 4.29. The monoisotopic (exact) mass is 327 g/mol. The molecular weight excluding hydrogens is 307 g/mol. The Hall–Kier alpha value is -1.82. The summed E-state index contributed by atoms with van der Waals surface area (Å²) in [5, 5.41) is 3.26. The van der Waals surface area contributed by atoms with Crippen molar-refractivity contribution in [2.24, 2.45) is 5.41 Å². The van der Waals surface area contributed by atoms with Gasteiger partial charge in [-0.1, -0.05) is 18.2 Å². The second-order valence-corrected chi connectivity index (χ2v) is 5.85. The molecule has 1 N–H and O–H groups in total. The van der Waals surface area contributed by atoms with Gasteiger partial charge >= 0.3 is 12.1 Å². The number of benzene rings is 1. The Morgan fingerprint density at radius 3 is 2.61 bits per heavy atom. The van der Waals surface area contributed by atoms with E-state index in [1.165, 1.54) is 19.2 Å². The smallest absolute Gasteiger partial charge is 0.416 e. The molecule has 0 spiro atoms. The van der Waals surface area contributed by atoms with Crippen molar-refractivity contribution in [3.63, 3.8) is 0 Å². The molecule has 2 rings (SSSR count). The van der Waals surface area contributed by atoms with E-state index in [1.807, 2.05) is 0 Å². The molecule has 2 atom stereocenters. The van der Waals surface area contributed by atoms with Crippen LogP contribution >= 0.6 is 0 Å². The normalized spacial score (nSPS) is 25.0. The van der Waals surface area contributed by atoms with Crippen molar-refractivity contribution >= 4 is 5.97 Å². The minimum atomic E-state index is -4.35. The van der Waals surface area contributed by atoms with Gasteiger partial charge < -0.3 is 10.1 Å². The first-order chi connectivity index (χ1) is 10.8. The molecule has 1 aliphatic heterocycles. The molecule has 1 aromatic rings. The van der Waals surface area contributed by atoms with Crippen LogP contribution in [0.25, 0.3) is 0 Å². The van der Waals surface area contributed by atoms with E-state index in [4.69, 9.17) is 4.74 Å². The standard InChI is InChI=1S/C17H20F3NO2/c1-3-8-16(15(22)23-2)9-10-21-14(11-16)12-4-6-13(7-5-12)17(18,19)20/h3-7,14,21H,1,8-11H2,2H3. The third-order valence-electron chi connectivity index (χ3n) is 4.38. The molecule has 0 aliphatic carbocycles. The van der Waals surface area contributed by atoms with Crippen LogP contribution in [0.15, 0.2) is 36.9 Å². The second kappa shape index (κ2) is 6.74. The van der Waals surface area contributed by atoms with Crippen molar-refractivity contribution in [1.29, 1.82) is 0 Å². The van der Waals surface area contributed by atoms with Crippen LogP contribution in [-0.4, -0.2) is 19.6 Å². The van der Waals surface area contributed by atoms with Gasteiger partial charge in [0, 0.05) is 6.04 Å². The number of hydrogen-bond donors (Lipinski definition) is 1. The van der Waals surface area contributed by atoms with Gasteiger partial charge in [-0.05, 0) is 43.5 Å². The zero-order valence-electron chi connectivity index (χ0n) is 13.0. The number of nitrogens with one attached hydrogen (secondary N) is 1. The van der Waals surface area contributed by atoms with E-state index < -0.39 is 17.2 Å². The third kappa shape index (κ3) is 3.75. The van der Waals surface area contributed by atoms with Gasteiger partial charge in [0.05, 0.1) is 18.1 Å². The maximum absolute atomic E-state index is 12.6. The van der Waals surface area contributed by atoms with E-state index >= 15 is 0 Å². The molecule has 0 aromatic heterocycles. The lowest BCUT2D eigenvalue weighted by molar-refractivity contribution is -0.155. The molecule has 1 aromatic carbocycles. The maximum atomic E-state index is 12.6. The number of methoxy groups -OCH3 is 1. The topological polar surface area (TPSA) is 38.3 Å². The Morgan fingerprint density at radius 1 is 1.43 bits per heavy atom. The lowest BCUT2D eigenvalue weighted by atomic mass is 9.72. The van der Waals surface area contributed by atoms with Crippen molar-refractivity contribution < 1.29 is 22.7 Å². The summed E-state index contributed by atoms with van der Waals surface area (Å²) in [7, 11) is 1.35. The number of esters is 1. The van der Waals surface area contributed by atoms with Crippen LogP contribution in [-0.2, 0) is 15.7 Å². The van der Waals surface area contributed by atoms with Gasteiger partial charge in [-0.3, -0.25) is 4.79 Å². The van der Waals surface area contributed by atoms with Crippen LogP contribution < -0.4 is 5.32 Å². The van der Waals surface area contributed by atoms with Crippen molar-refractivity contribution in [2.45, 2.75) is 31.5 Å². The zero-order valence-corrected chi connectivity index (χ0v) is 13.0. The van der Waals surface area contributed by atoms with Crippen LogP contribution in [0.5, 0.6) is 0 Å². The van der Waals surface area contributed by atoms with Crippen molar-refractivity contribution in [2.75, 3.05) is 13.7 Å². The van der Waals surface area contributed by atoms with Crippen molar-refractivity contribution in [3.8, 4) is 0 Å². The van der Waals surface area contributed by atoms with Gasteiger partial charge in [0.1, 0.15) is 0 Å². The fraction of sp³-hybridized carbons (Fsp3) is 0.471. The van der Waals surface area contributed by atoms with Crippen molar-refractivity contribution in [1.82, 2.24) is 5.32 Å². The predicted octanol–water partition coefficient (Wildman–Crippen LogP) is 3.87. The van der Waals surface area contributed by atoms with Gasteiger partial charge in [0.2, 0.25) is 0 Å². The largest absolute Gasteiger partial charge is 0.469 e. The highest BCUT2D eigenvalue weighted by molar-refractivity contribution is 5.77. The molecule has 0 saturated carbocycles. The summed E-state index contributed by atoms with van der Waals surface area (Å²) in [5.74, 6) is -0.296. The molecule has 1 aliphatic rings. The summed E-state index contributed by atoms with van der Waals surface area (Å²) in [5.41, 5.74) is -0.618. The number of carbonyl (C=O) groups excluding carboxylic acids is 1. The molecule has 0 bridgehead atoms. The molecule has 0 amide bonds. The summed E-state index contributed by atoms with van der Waals surface area (Å²) in [6, 6.07) is 4.87. The highest BCUT2D eigenvalue weighted by Gasteiger charge is 2.43. The van der Waals surface area contributed by atoms with E-state index in [-0.39, 0.29) is 12.0 Å². The lowest BCUT2D eigenvalue weighted by Gasteiger charge is -2.39. The van der Waals surface area contributed by atoms with Crippen LogP contribution in [0.3, 0.4) is 0 Å². The number of halogens is 3. The number of ether oxygens (including phenoxy) is 1. The summed E-state index contributed by atoms with van der Waals surface area (Å²) >= 11 is 0. The first kappa shape index (κ1) is 17.5. The third-order valence-corrected chi connectivity index (χ3v) is 4.38. The Kier molecular flexibility index (Phi) is 5.14. The number of hydrogen-bond acceptors (Lipinski definition) is 3. The van der Waals surface area contributed by atoms with Gasteiger partial charge in [0.15, 0.2) is 0 Å². The summed E-state index contributed by atoms with van der Waals surface area (Å²) in [4.78, 5) is 12.2. The molecule has 3 nitrogen and oxygen atoms in total. The first-order valence-electron chi connectivity index (χ1n) is 7.42. The Bertz CT molecular complexity index is 568. The molecule has 1 heterocycles. The minimum Gasteiger partial charge on any atom is -0.469 e. The molecule has 126 valence electrons. The quantitative estimate of drug-likeness (QED) is 0.674. The average molecular weight is 327 g/mol. The van der Waals surface area contributed by atoms with Crippen LogP contribution in [0.2, 0.25) is 0 Å².